The third-order valence-electron chi connectivity index (χ3n) is 2.58. The molecule has 1 aliphatic rings. The molecule has 1 saturated carbocycles. The Balaban J connectivity index is 2.32. The zero-order chi connectivity index (χ0) is 6.69. The van der Waals surface area contributed by atoms with Gasteiger partial charge >= 0.3 is 0 Å². The van der Waals surface area contributed by atoms with Crippen molar-refractivity contribution in [3.05, 3.63) is 0 Å². The van der Waals surface area contributed by atoms with Crippen LogP contribution in [0.4, 0.5) is 0 Å². The van der Waals surface area contributed by atoms with Gasteiger partial charge in [-0.15, -0.1) is 0 Å². The van der Waals surface area contributed by atoms with Gasteiger partial charge in [-0.05, 0) is 18.3 Å². The second-order valence-electron chi connectivity index (χ2n) is 3.04. The van der Waals surface area contributed by atoms with Crippen LogP contribution in [0.15, 0.2) is 0 Å². The number of aliphatic hydroxyl groups is 1. The van der Waals surface area contributed by atoms with E-state index in [4.69, 9.17) is 5.11 Å². The van der Waals surface area contributed by atoms with Crippen LogP contribution in [0.2, 0.25) is 0 Å². The fourth-order valence-corrected chi connectivity index (χ4v) is 1.89. The number of hydrogen-bond donors (Lipinski definition) is 1. The molecule has 0 amide bonds. The van der Waals surface area contributed by atoms with Crippen molar-refractivity contribution in [1.82, 2.24) is 0 Å². The van der Waals surface area contributed by atoms with E-state index in [2.05, 4.69) is 6.92 Å². The van der Waals surface area contributed by atoms with Gasteiger partial charge in [0.25, 0.3) is 0 Å². The van der Waals surface area contributed by atoms with E-state index in [1.54, 1.807) is 0 Å². The van der Waals surface area contributed by atoms with Gasteiger partial charge in [0, 0.05) is 6.61 Å². The van der Waals surface area contributed by atoms with Gasteiger partial charge < -0.3 is 5.11 Å². The second-order valence-corrected chi connectivity index (χ2v) is 3.04. The SMILES string of the molecule is CCC1CCC[C@@H]1CO. The summed E-state index contributed by atoms with van der Waals surface area (Å²) >= 11 is 0. The van der Waals surface area contributed by atoms with Crippen LogP contribution < -0.4 is 0 Å². The molecule has 1 fully saturated rings. The summed E-state index contributed by atoms with van der Waals surface area (Å²) in [5.74, 6) is 1.46. The highest BCUT2D eigenvalue weighted by molar-refractivity contribution is 4.75. The van der Waals surface area contributed by atoms with Crippen LogP contribution >= 0.6 is 0 Å². The first-order valence-electron chi connectivity index (χ1n) is 3.99. The Morgan fingerprint density at radius 1 is 1.33 bits per heavy atom. The van der Waals surface area contributed by atoms with Crippen molar-refractivity contribution in [3.8, 4) is 0 Å². The highest BCUT2D eigenvalue weighted by Crippen LogP contribution is 2.33. The van der Waals surface area contributed by atoms with Gasteiger partial charge in [0.1, 0.15) is 0 Å². The van der Waals surface area contributed by atoms with Crippen LogP contribution in [0.5, 0.6) is 0 Å². The number of aliphatic hydroxyl groups excluding tert-OH is 1. The van der Waals surface area contributed by atoms with Crippen molar-refractivity contribution in [1.29, 1.82) is 0 Å². The molecule has 1 heteroatoms. The van der Waals surface area contributed by atoms with Crippen molar-refractivity contribution in [2.75, 3.05) is 6.61 Å². The molecule has 0 bridgehead atoms. The molecule has 0 spiro atoms. The molecule has 1 unspecified atom stereocenters. The predicted molar refractivity (Wildman–Crippen MR) is 38.2 cm³/mol. The van der Waals surface area contributed by atoms with Crippen molar-refractivity contribution < 1.29 is 5.11 Å². The van der Waals surface area contributed by atoms with Gasteiger partial charge in [0.05, 0.1) is 0 Å². The number of hydrogen-bond acceptors (Lipinski definition) is 1. The molecular formula is C8H16O. The minimum Gasteiger partial charge on any atom is -0.396 e. The quantitative estimate of drug-likeness (QED) is 0.601. The highest BCUT2D eigenvalue weighted by atomic mass is 16.3. The van der Waals surface area contributed by atoms with E-state index in [1.807, 2.05) is 0 Å². The van der Waals surface area contributed by atoms with Gasteiger partial charge in [0.2, 0.25) is 0 Å². The average Bonchev–Trinajstić information content (AvgIpc) is 2.33. The van der Waals surface area contributed by atoms with Gasteiger partial charge in [0.15, 0.2) is 0 Å². The molecule has 54 valence electrons. The topological polar surface area (TPSA) is 20.2 Å². The lowest BCUT2D eigenvalue weighted by molar-refractivity contribution is 0.192. The molecule has 0 radical (unpaired) electrons. The van der Waals surface area contributed by atoms with Gasteiger partial charge in [-0.3, -0.25) is 0 Å². The first-order valence-corrected chi connectivity index (χ1v) is 3.99. The van der Waals surface area contributed by atoms with Gasteiger partial charge in [-0.25, -0.2) is 0 Å². The van der Waals surface area contributed by atoms with Gasteiger partial charge in [-0.2, -0.15) is 0 Å². The zero-order valence-corrected chi connectivity index (χ0v) is 6.14. The van der Waals surface area contributed by atoms with E-state index in [1.165, 1.54) is 25.7 Å². The molecule has 1 aliphatic carbocycles. The molecule has 0 aromatic carbocycles. The molecule has 1 N–H and O–H groups in total. The molecule has 2 atom stereocenters. The summed E-state index contributed by atoms with van der Waals surface area (Å²) in [6.45, 7) is 2.64. The van der Waals surface area contributed by atoms with Crippen LogP contribution in [0, 0.1) is 11.8 Å². The fourth-order valence-electron chi connectivity index (χ4n) is 1.89. The lowest BCUT2D eigenvalue weighted by atomic mass is 9.95. The maximum Gasteiger partial charge on any atom is 0.0461 e. The largest absolute Gasteiger partial charge is 0.396 e. The Bertz CT molecular complexity index is 70.6. The minimum atomic E-state index is 0.415. The first kappa shape index (κ1) is 7.07. The average molecular weight is 128 g/mol. The second kappa shape index (κ2) is 3.21. The van der Waals surface area contributed by atoms with E-state index in [9.17, 15) is 0 Å². The normalized spacial score (nSPS) is 35.3. The maximum absolute atomic E-state index is 8.87. The summed E-state index contributed by atoms with van der Waals surface area (Å²) < 4.78 is 0. The number of rotatable bonds is 2. The van der Waals surface area contributed by atoms with E-state index in [0.717, 1.165) is 5.92 Å². The van der Waals surface area contributed by atoms with Crippen LogP contribution in [0.25, 0.3) is 0 Å². The Labute approximate surface area is 57.1 Å². The Morgan fingerprint density at radius 3 is 2.44 bits per heavy atom. The smallest absolute Gasteiger partial charge is 0.0461 e. The lowest BCUT2D eigenvalue weighted by Crippen LogP contribution is -2.10. The lowest BCUT2D eigenvalue weighted by Gasteiger charge is -2.13. The summed E-state index contributed by atoms with van der Waals surface area (Å²) in [5.41, 5.74) is 0. The van der Waals surface area contributed by atoms with Crippen molar-refractivity contribution in [2.24, 2.45) is 11.8 Å². The molecule has 0 heterocycles. The highest BCUT2D eigenvalue weighted by Gasteiger charge is 2.24. The summed E-state index contributed by atoms with van der Waals surface area (Å²) in [4.78, 5) is 0. The van der Waals surface area contributed by atoms with Crippen LogP contribution in [0.1, 0.15) is 32.6 Å². The molecule has 0 aliphatic heterocycles. The molecule has 0 aromatic rings. The van der Waals surface area contributed by atoms with Crippen molar-refractivity contribution >= 4 is 0 Å². The summed E-state index contributed by atoms with van der Waals surface area (Å²) in [6.07, 6.45) is 5.20. The Hall–Kier alpha value is -0.0400. The predicted octanol–water partition coefficient (Wildman–Crippen LogP) is 1.81. The molecule has 0 saturated heterocycles. The summed E-state index contributed by atoms with van der Waals surface area (Å²) in [6, 6.07) is 0. The molecule has 0 aromatic heterocycles. The van der Waals surface area contributed by atoms with Gasteiger partial charge in [-0.1, -0.05) is 26.2 Å². The van der Waals surface area contributed by atoms with Crippen LogP contribution in [0.3, 0.4) is 0 Å². The third-order valence-corrected chi connectivity index (χ3v) is 2.58. The summed E-state index contributed by atoms with van der Waals surface area (Å²) in [5, 5.41) is 8.87. The van der Waals surface area contributed by atoms with E-state index >= 15 is 0 Å². The minimum absolute atomic E-state index is 0.415. The fraction of sp³-hybridized carbons (Fsp3) is 1.00. The maximum atomic E-state index is 8.87. The van der Waals surface area contributed by atoms with E-state index < -0.39 is 0 Å². The summed E-state index contributed by atoms with van der Waals surface area (Å²) in [7, 11) is 0. The molecule has 1 nitrogen and oxygen atoms in total. The molecular weight excluding hydrogens is 112 g/mol. The molecule has 9 heavy (non-hydrogen) atoms. The van der Waals surface area contributed by atoms with E-state index in [-0.39, 0.29) is 0 Å². The third kappa shape index (κ3) is 1.45. The standard InChI is InChI=1S/C8H16O/c1-2-7-4-3-5-8(7)6-9/h7-9H,2-6H2,1H3/t7?,8-/m1/s1. The monoisotopic (exact) mass is 128 g/mol. The van der Waals surface area contributed by atoms with Crippen molar-refractivity contribution in [2.45, 2.75) is 32.6 Å². The van der Waals surface area contributed by atoms with Crippen LogP contribution in [-0.2, 0) is 0 Å². The van der Waals surface area contributed by atoms with Crippen molar-refractivity contribution in [3.63, 3.8) is 0 Å². The van der Waals surface area contributed by atoms with E-state index in [0.29, 0.717) is 12.5 Å². The molecule has 1 rings (SSSR count). The zero-order valence-electron chi connectivity index (χ0n) is 6.14. The Kier molecular flexibility index (Phi) is 2.52. The van der Waals surface area contributed by atoms with Crippen LogP contribution in [-0.4, -0.2) is 11.7 Å². The first-order chi connectivity index (χ1) is 4.38. The Morgan fingerprint density at radius 2 is 2.00 bits per heavy atom.